The molecule has 2 nitrogen and oxygen atoms in total. The molecule has 0 radical (unpaired) electrons. The highest BCUT2D eigenvalue weighted by Crippen LogP contribution is 2.36. The molecule has 17 heavy (non-hydrogen) atoms. The first-order valence-electron chi connectivity index (χ1n) is 4.55. The molecular formula is C11H10Cl3NOS. The summed E-state index contributed by atoms with van der Waals surface area (Å²) in [7, 11) is 0. The van der Waals surface area contributed by atoms with Gasteiger partial charge in [-0.2, -0.15) is 11.3 Å². The molecule has 1 aromatic heterocycles. The standard InChI is InChI=1S/C11H9Cl2NOS.ClH/c12-7-3-8(11(15)9(13)4-7)10(14)6-1-2-16-5-6;/h1-5,10,15H,14H2;1H/t10-;/m0./s1. The van der Waals surface area contributed by atoms with Crippen LogP contribution in [0, 0.1) is 0 Å². The molecule has 0 aliphatic carbocycles. The second-order valence-corrected chi connectivity index (χ2v) is 4.98. The smallest absolute Gasteiger partial charge is 0.139 e. The lowest BCUT2D eigenvalue weighted by Gasteiger charge is -2.13. The Hall–Kier alpha value is -0.450. The lowest BCUT2D eigenvalue weighted by atomic mass is 10.0. The third-order valence-corrected chi connectivity index (χ3v) is 3.50. The fourth-order valence-electron chi connectivity index (χ4n) is 1.45. The zero-order valence-corrected chi connectivity index (χ0v) is 11.7. The van der Waals surface area contributed by atoms with E-state index in [4.69, 9.17) is 28.9 Å². The van der Waals surface area contributed by atoms with Crippen molar-refractivity contribution in [3.63, 3.8) is 0 Å². The Kier molecular flexibility index (Phi) is 5.10. The van der Waals surface area contributed by atoms with Crippen LogP contribution in [0.25, 0.3) is 0 Å². The molecule has 92 valence electrons. The highest BCUT2D eigenvalue weighted by Gasteiger charge is 2.16. The summed E-state index contributed by atoms with van der Waals surface area (Å²) in [6.45, 7) is 0. The topological polar surface area (TPSA) is 46.2 Å². The van der Waals surface area contributed by atoms with E-state index in [1.165, 1.54) is 6.07 Å². The van der Waals surface area contributed by atoms with Crippen LogP contribution in [0.5, 0.6) is 5.75 Å². The molecule has 0 bridgehead atoms. The Morgan fingerprint density at radius 3 is 2.59 bits per heavy atom. The van der Waals surface area contributed by atoms with E-state index in [1.807, 2.05) is 16.8 Å². The lowest BCUT2D eigenvalue weighted by molar-refractivity contribution is 0.465. The molecule has 3 N–H and O–H groups in total. The lowest BCUT2D eigenvalue weighted by Crippen LogP contribution is -2.11. The van der Waals surface area contributed by atoms with Gasteiger partial charge in [0.05, 0.1) is 11.1 Å². The fourth-order valence-corrected chi connectivity index (χ4v) is 2.66. The minimum atomic E-state index is -0.414. The van der Waals surface area contributed by atoms with E-state index in [0.717, 1.165) is 5.56 Å². The van der Waals surface area contributed by atoms with Crippen molar-refractivity contribution in [2.24, 2.45) is 5.73 Å². The highest BCUT2D eigenvalue weighted by molar-refractivity contribution is 7.08. The Balaban J connectivity index is 0.00000144. The normalized spacial score (nSPS) is 11.9. The zero-order valence-electron chi connectivity index (χ0n) is 8.56. The summed E-state index contributed by atoms with van der Waals surface area (Å²) in [6.07, 6.45) is 0. The van der Waals surface area contributed by atoms with Crippen LogP contribution in [-0.4, -0.2) is 5.11 Å². The van der Waals surface area contributed by atoms with Crippen LogP contribution < -0.4 is 5.73 Å². The summed E-state index contributed by atoms with van der Waals surface area (Å²) in [5, 5.41) is 14.4. The first-order chi connectivity index (χ1) is 7.59. The summed E-state index contributed by atoms with van der Waals surface area (Å²) < 4.78 is 0. The molecule has 1 heterocycles. The van der Waals surface area contributed by atoms with Crippen molar-refractivity contribution in [1.29, 1.82) is 0 Å². The zero-order chi connectivity index (χ0) is 11.7. The second-order valence-electron chi connectivity index (χ2n) is 3.36. The third kappa shape index (κ3) is 3.06. The molecule has 0 unspecified atom stereocenters. The predicted molar refractivity (Wildman–Crippen MR) is 75.7 cm³/mol. The number of nitrogens with two attached hydrogens (primary N) is 1. The largest absolute Gasteiger partial charge is 0.506 e. The number of halogens is 3. The molecule has 0 spiro atoms. The van der Waals surface area contributed by atoms with E-state index in [0.29, 0.717) is 10.6 Å². The molecule has 1 aromatic carbocycles. The molecule has 2 aromatic rings. The van der Waals surface area contributed by atoms with Crippen molar-refractivity contribution in [3.8, 4) is 5.75 Å². The number of phenolic OH excluding ortho intramolecular Hbond substituents is 1. The summed E-state index contributed by atoms with van der Waals surface area (Å²) in [4.78, 5) is 0. The molecule has 0 saturated carbocycles. The Bertz CT molecular complexity index is 502. The van der Waals surface area contributed by atoms with Gasteiger partial charge in [0, 0.05) is 10.6 Å². The minimum Gasteiger partial charge on any atom is -0.506 e. The van der Waals surface area contributed by atoms with Gasteiger partial charge in [-0.3, -0.25) is 0 Å². The van der Waals surface area contributed by atoms with E-state index >= 15 is 0 Å². The van der Waals surface area contributed by atoms with Crippen molar-refractivity contribution in [1.82, 2.24) is 0 Å². The van der Waals surface area contributed by atoms with Gasteiger partial charge in [0.25, 0.3) is 0 Å². The van der Waals surface area contributed by atoms with Gasteiger partial charge in [0.1, 0.15) is 5.75 Å². The van der Waals surface area contributed by atoms with Crippen LogP contribution in [0.4, 0.5) is 0 Å². The van der Waals surface area contributed by atoms with E-state index in [2.05, 4.69) is 0 Å². The van der Waals surface area contributed by atoms with Crippen molar-refractivity contribution in [2.45, 2.75) is 6.04 Å². The van der Waals surface area contributed by atoms with Crippen LogP contribution in [0.3, 0.4) is 0 Å². The van der Waals surface area contributed by atoms with Crippen molar-refractivity contribution in [3.05, 3.63) is 50.1 Å². The summed E-state index contributed by atoms with van der Waals surface area (Å²) in [5.74, 6) is -0.00948. The molecule has 1 atom stereocenters. The van der Waals surface area contributed by atoms with Gasteiger partial charge in [0.15, 0.2) is 0 Å². The van der Waals surface area contributed by atoms with Crippen LogP contribution in [0.2, 0.25) is 10.0 Å². The Morgan fingerprint density at radius 2 is 2.00 bits per heavy atom. The monoisotopic (exact) mass is 309 g/mol. The van der Waals surface area contributed by atoms with E-state index in [9.17, 15) is 5.11 Å². The second kappa shape index (κ2) is 5.94. The number of hydrogen-bond donors (Lipinski definition) is 2. The Morgan fingerprint density at radius 1 is 1.29 bits per heavy atom. The van der Waals surface area contributed by atoms with Crippen LogP contribution >= 0.6 is 46.9 Å². The maximum Gasteiger partial charge on any atom is 0.139 e. The number of thiophene rings is 1. The van der Waals surface area contributed by atoms with Gasteiger partial charge in [-0.25, -0.2) is 0 Å². The molecule has 0 amide bonds. The first-order valence-corrected chi connectivity index (χ1v) is 6.25. The molecule has 0 aliphatic rings. The summed E-state index contributed by atoms with van der Waals surface area (Å²) >= 11 is 13.3. The Labute approximate surface area is 119 Å². The van der Waals surface area contributed by atoms with Crippen molar-refractivity contribution >= 4 is 46.9 Å². The third-order valence-electron chi connectivity index (χ3n) is 2.30. The van der Waals surface area contributed by atoms with Gasteiger partial charge in [-0.15, -0.1) is 12.4 Å². The quantitative estimate of drug-likeness (QED) is 0.872. The maximum atomic E-state index is 9.82. The van der Waals surface area contributed by atoms with Gasteiger partial charge < -0.3 is 10.8 Å². The molecule has 0 saturated heterocycles. The van der Waals surface area contributed by atoms with Crippen LogP contribution in [-0.2, 0) is 0 Å². The average molecular weight is 311 g/mol. The average Bonchev–Trinajstić information content (AvgIpc) is 2.75. The summed E-state index contributed by atoms with van der Waals surface area (Å²) in [5.41, 5.74) is 7.50. The minimum absolute atomic E-state index is 0. The number of benzene rings is 1. The molecule has 2 rings (SSSR count). The number of hydrogen-bond acceptors (Lipinski definition) is 3. The first kappa shape index (κ1) is 14.6. The summed E-state index contributed by atoms with van der Waals surface area (Å²) in [6, 6.07) is 4.61. The van der Waals surface area contributed by atoms with Crippen LogP contribution in [0.15, 0.2) is 29.0 Å². The molecular weight excluding hydrogens is 301 g/mol. The number of aromatic hydroxyl groups is 1. The van der Waals surface area contributed by atoms with Crippen molar-refractivity contribution < 1.29 is 5.11 Å². The van der Waals surface area contributed by atoms with Gasteiger partial charge in [-0.1, -0.05) is 23.2 Å². The molecule has 0 fully saturated rings. The number of phenols is 1. The van der Waals surface area contributed by atoms with E-state index < -0.39 is 6.04 Å². The SMILES string of the molecule is Cl.N[C@@H](c1ccsc1)c1cc(Cl)cc(Cl)c1O. The van der Waals surface area contributed by atoms with Gasteiger partial charge >= 0.3 is 0 Å². The maximum absolute atomic E-state index is 9.82. The highest BCUT2D eigenvalue weighted by atomic mass is 35.5. The van der Waals surface area contributed by atoms with E-state index in [-0.39, 0.29) is 23.2 Å². The molecule has 0 aliphatic heterocycles. The van der Waals surface area contributed by atoms with Crippen molar-refractivity contribution in [2.75, 3.05) is 0 Å². The van der Waals surface area contributed by atoms with Crippen LogP contribution in [0.1, 0.15) is 17.2 Å². The van der Waals surface area contributed by atoms with Gasteiger partial charge in [-0.05, 0) is 34.5 Å². The van der Waals surface area contributed by atoms with E-state index in [1.54, 1.807) is 17.4 Å². The molecule has 6 heteroatoms. The van der Waals surface area contributed by atoms with Gasteiger partial charge in [0.2, 0.25) is 0 Å². The predicted octanol–water partition coefficient (Wildman–Crippen LogP) is 4.23. The number of rotatable bonds is 2. The fraction of sp³-hybridized carbons (Fsp3) is 0.0909.